The number of hydrogen-bond donors (Lipinski definition) is 0. The fourth-order valence-corrected chi connectivity index (χ4v) is 1.53. The summed E-state index contributed by atoms with van der Waals surface area (Å²) in [7, 11) is 1.01. The molecule has 0 fully saturated rings. The molecule has 6 heteroatoms. The van der Waals surface area contributed by atoms with Crippen molar-refractivity contribution in [2.75, 3.05) is 7.11 Å². The third-order valence-corrected chi connectivity index (χ3v) is 3.19. The van der Waals surface area contributed by atoms with E-state index in [4.69, 9.17) is 14.0 Å². The average molecular weight is 348 g/mol. The molecule has 0 rings (SSSR count). The number of rotatable bonds is 11. The van der Waals surface area contributed by atoms with E-state index in [0.717, 1.165) is 32.1 Å². The number of ether oxygens (including phenoxy) is 1. The smallest absolute Gasteiger partial charge is 0.501 e. The monoisotopic (exact) mass is 348 g/mol. The van der Waals surface area contributed by atoms with Gasteiger partial charge in [-0.05, 0) is 19.8 Å². The van der Waals surface area contributed by atoms with E-state index >= 15 is 0 Å². The lowest BCUT2D eigenvalue weighted by atomic mass is 9.68. The number of unbranched alkanes of at least 4 members (excludes halogenated alkanes) is 1. The highest BCUT2D eigenvalue weighted by atomic mass is 16.6. The topological polar surface area (TPSA) is 61.8 Å². The molecule has 0 aliphatic carbocycles. The number of carbonyl (C=O) groups excluding carboxylic acids is 2. The van der Waals surface area contributed by atoms with Gasteiger partial charge in [-0.15, -0.1) is 0 Å². The lowest BCUT2D eigenvalue weighted by Crippen LogP contribution is -2.28. The average Bonchev–Trinajstić information content (AvgIpc) is 2.56. The zero-order chi connectivity index (χ0) is 18.5. The molecule has 146 valence electrons. The van der Waals surface area contributed by atoms with E-state index in [-0.39, 0.29) is 13.2 Å². The van der Waals surface area contributed by atoms with E-state index in [1.165, 1.54) is 6.42 Å². The number of methoxy groups -OCH3 is 1. The summed E-state index contributed by atoms with van der Waals surface area (Å²) in [5, 5.41) is 0. The van der Waals surface area contributed by atoms with Crippen LogP contribution in [0.5, 0.6) is 0 Å². The molecule has 0 aliphatic rings. The highest BCUT2D eigenvalue weighted by molar-refractivity contribution is 6.49. The first-order chi connectivity index (χ1) is 11.0. The second-order valence-corrected chi connectivity index (χ2v) is 5.31. The lowest BCUT2D eigenvalue weighted by Gasteiger charge is -2.17. The van der Waals surface area contributed by atoms with Gasteiger partial charge in [0.05, 0.1) is 6.10 Å². The molecule has 0 amide bonds. The van der Waals surface area contributed by atoms with Crippen molar-refractivity contribution in [1.82, 2.24) is 0 Å². The molecule has 0 spiro atoms. The zero-order valence-corrected chi connectivity index (χ0v) is 16.2. The minimum absolute atomic E-state index is 0. The van der Waals surface area contributed by atoms with Crippen LogP contribution in [0.4, 0.5) is 0 Å². The van der Waals surface area contributed by atoms with E-state index in [2.05, 4.69) is 34.6 Å². The van der Waals surface area contributed by atoms with Crippen molar-refractivity contribution in [2.45, 2.75) is 99.4 Å². The van der Waals surface area contributed by atoms with Crippen molar-refractivity contribution in [1.29, 1.82) is 0 Å². The van der Waals surface area contributed by atoms with Crippen LogP contribution in [0.1, 0.15) is 87.5 Å². The Morgan fingerprint density at radius 3 is 1.62 bits per heavy atom. The number of carbonyl (C=O) groups is 2. The Kier molecular flexibility index (Phi) is 34.5. The van der Waals surface area contributed by atoms with Gasteiger partial charge >= 0.3 is 7.12 Å². The van der Waals surface area contributed by atoms with Crippen molar-refractivity contribution in [3.05, 3.63) is 0 Å². The zero-order valence-electron chi connectivity index (χ0n) is 16.2. The van der Waals surface area contributed by atoms with Gasteiger partial charge in [-0.2, -0.15) is 0 Å². The molecule has 24 heavy (non-hydrogen) atoms. The molecule has 0 bridgehead atoms. The SMILES string of the molecule is C.CCC.CCC(C)OC.CCCCC(CC)B(OC=O)OC=O. The van der Waals surface area contributed by atoms with Crippen molar-refractivity contribution < 1.29 is 23.6 Å². The van der Waals surface area contributed by atoms with E-state index in [1.807, 2.05) is 6.92 Å². The largest absolute Gasteiger partial charge is 0.601 e. The summed E-state index contributed by atoms with van der Waals surface area (Å²) in [6.45, 7) is 13.1. The Labute approximate surface area is 151 Å². The first-order valence-electron chi connectivity index (χ1n) is 8.73. The molecule has 0 aromatic heterocycles. The van der Waals surface area contributed by atoms with Gasteiger partial charge in [0.25, 0.3) is 12.9 Å². The molecule has 0 saturated heterocycles. The van der Waals surface area contributed by atoms with Crippen LogP contribution in [0.2, 0.25) is 5.82 Å². The maximum absolute atomic E-state index is 10.2. The van der Waals surface area contributed by atoms with Crippen LogP contribution >= 0.6 is 0 Å². The standard InChI is InChI=1S/C9H17BO4.C5H12O.C3H8.CH4/c1-3-5-6-9(4-2)10(13-7-11)14-8-12;1-4-5(2)6-3;1-3-2;/h7-9H,3-6H2,1-2H3;5H,4H2,1-3H3;3H2,1-2H3;1H4. The van der Waals surface area contributed by atoms with Crippen LogP contribution in [0.3, 0.4) is 0 Å². The van der Waals surface area contributed by atoms with Crippen LogP contribution < -0.4 is 0 Å². The second kappa shape index (κ2) is 26.8. The van der Waals surface area contributed by atoms with Crippen molar-refractivity contribution in [3.63, 3.8) is 0 Å². The summed E-state index contributed by atoms with van der Waals surface area (Å²) < 4.78 is 14.3. The van der Waals surface area contributed by atoms with Gasteiger partial charge in [0, 0.05) is 12.9 Å². The van der Waals surface area contributed by atoms with Crippen LogP contribution in [0.25, 0.3) is 0 Å². The minimum Gasteiger partial charge on any atom is -0.501 e. The summed E-state index contributed by atoms with van der Waals surface area (Å²) in [5.74, 6) is 0.102. The molecule has 0 aromatic rings. The fraction of sp³-hybridized carbons (Fsp3) is 0.889. The Hall–Kier alpha value is -1.04. The van der Waals surface area contributed by atoms with E-state index < -0.39 is 7.12 Å². The Morgan fingerprint density at radius 2 is 1.42 bits per heavy atom. The van der Waals surface area contributed by atoms with Crippen LogP contribution in [0, 0.1) is 0 Å². The number of hydrogen-bond acceptors (Lipinski definition) is 5. The highest BCUT2D eigenvalue weighted by Crippen LogP contribution is 2.23. The Morgan fingerprint density at radius 1 is 0.958 bits per heavy atom. The quantitative estimate of drug-likeness (QED) is 0.376. The molecule has 0 heterocycles. The van der Waals surface area contributed by atoms with Crippen LogP contribution in [0.15, 0.2) is 0 Å². The predicted octanol–water partition coefficient (Wildman–Crippen LogP) is 5.27. The van der Waals surface area contributed by atoms with E-state index in [1.54, 1.807) is 7.11 Å². The Balaban J connectivity index is -0.000000167. The molecular formula is C18H41BO5. The lowest BCUT2D eigenvalue weighted by molar-refractivity contribution is -0.126. The molecule has 2 atom stereocenters. The van der Waals surface area contributed by atoms with Gasteiger partial charge < -0.3 is 14.0 Å². The molecule has 0 saturated carbocycles. The molecule has 0 N–H and O–H groups in total. The third-order valence-electron chi connectivity index (χ3n) is 3.19. The first kappa shape index (κ1) is 30.8. The van der Waals surface area contributed by atoms with Crippen LogP contribution in [-0.4, -0.2) is 33.3 Å². The predicted molar refractivity (Wildman–Crippen MR) is 103 cm³/mol. The minimum atomic E-state index is -0.721. The van der Waals surface area contributed by atoms with Crippen molar-refractivity contribution in [2.24, 2.45) is 0 Å². The molecule has 0 radical (unpaired) electrons. The first-order valence-corrected chi connectivity index (χ1v) is 8.73. The summed E-state index contributed by atoms with van der Waals surface area (Å²) in [5.41, 5.74) is 0. The van der Waals surface area contributed by atoms with E-state index in [0.29, 0.717) is 19.0 Å². The summed E-state index contributed by atoms with van der Waals surface area (Å²) in [6, 6.07) is 0. The highest BCUT2D eigenvalue weighted by Gasteiger charge is 2.31. The molecule has 0 aromatic carbocycles. The van der Waals surface area contributed by atoms with E-state index in [9.17, 15) is 9.59 Å². The second-order valence-electron chi connectivity index (χ2n) is 5.31. The molecular weight excluding hydrogens is 307 g/mol. The molecule has 0 aliphatic heterocycles. The van der Waals surface area contributed by atoms with Gasteiger partial charge in [0.2, 0.25) is 0 Å². The summed E-state index contributed by atoms with van der Waals surface area (Å²) in [6.07, 6.45) is 6.64. The van der Waals surface area contributed by atoms with Crippen molar-refractivity contribution in [3.8, 4) is 0 Å². The normalized spacial score (nSPS) is 11.1. The van der Waals surface area contributed by atoms with Gasteiger partial charge in [-0.3, -0.25) is 9.59 Å². The van der Waals surface area contributed by atoms with Crippen LogP contribution in [-0.2, 0) is 23.6 Å². The Bertz CT molecular complexity index is 225. The molecule has 2 unspecified atom stereocenters. The van der Waals surface area contributed by atoms with Gasteiger partial charge in [0.1, 0.15) is 0 Å². The van der Waals surface area contributed by atoms with Gasteiger partial charge in [-0.25, -0.2) is 0 Å². The summed E-state index contributed by atoms with van der Waals surface area (Å²) in [4.78, 5) is 20.3. The van der Waals surface area contributed by atoms with Crippen molar-refractivity contribution >= 4 is 20.1 Å². The van der Waals surface area contributed by atoms with Gasteiger partial charge in [0.15, 0.2) is 0 Å². The van der Waals surface area contributed by atoms with Gasteiger partial charge in [-0.1, -0.05) is 67.7 Å². The maximum Gasteiger partial charge on any atom is 0.601 e. The summed E-state index contributed by atoms with van der Waals surface area (Å²) >= 11 is 0. The molecule has 5 nitrogen and oxygen atoms in total. The third kappa shape index (κ3) is 23.2. The maximum atomic E-state index is 10.2. The fourth-order valence-electron chi connectivity index (χ4n) is 1.53.